The molecule has 0 radical (unpaired) electrons. The average molecular weight is 704 g/mol. The molecule has 3 heteroatoms. The third-order valence-corrected chi connectivity index (χ3v) is 10.9. The van der Waals surface area contributed by atoms with Crippen molar-refractivity contribution in [2.24, 2.45) is 0 Å². The number of para-hydroxylation sites is 2. The summed E-state index contributed by atoms with van der Waals surface area (Å²) in [7, 11) is 0. The number of fused-ring (bicyclic) bond motifs is 7. The largest absolute Gasteiger partial charge is 0.456 e. The van der Waals surface area contributed by atoms with Gasteiger partial charge in [0.05, 0.1) is 5.69 Å². The van der Waals surface area contributed by atoms with Crippen LogP contribution in [0.15, 0.2) is 209 Å². The van der Waals surface area contributed by atoms with Crippen LogP contribution in [-0.4, -0.2) is 0 Å². The smallest absolute Gasteiger partial charge is 0.160 e. The van der Waals surface area contributed by atoms with Crippen molar-refractivity contribution in [2.45, 2.75) is 0 Å². The molecule has 0 N–H and O–H groups in total. The lowest BCUT2D eigenvalue weighted by molar-refractivity contribution is 0.668. The Morgan fingerprint density at radius 2 is 0.891 bits per heavy atom. The van der Waals surface area contributed by atoms with Crippen molar-refractivity contribution >= 4 is 71.7 Å². The maximum atomic E-state index is 6.81. The molecule has 0 atom stereocenters. The summed E-state index contributed by atoms with van der Waals surface area (Å²) in [5.41, 5.74) is 13.5. The van der Waals surface area contributed by atoms with Crippen LogP contribution in [0.25, 0.3) is 88.0 Å². The normalized spacial score (nSPS) is 11.6. The Labute approximate surface area is 317 Å². The molecule has 0 bridgehead atoms. The fourth-order valence-electron chi connectivity index (χ4n) is 8.16. The van der Waals surface area contributed by atoms with E-state index in [0.717, 1.165) is 83.2 Å². The lowest BCUT2D eigenvalue weighted by Gasteiger charge is -2.26. The molecule has 2 aromatic heterocycles. The van der Waals surface area contributed by atoms with Gasteiger partial charge in [-0.05, 0) is 105 Å². The van der Waals surface area contributed by atoms with Crippen molar-refractivity contribution in [3.05, 3.63) is 200 Å². The van der Waals surface area contributed by atoms with Crippen molar-refractivity contribution in [1.82, 2.24) is 0 Å². The van der Waals surface area contributed by atoms with Gasteiger partial charge in [0.25, 0.3) is 0 Å². The van der Waals surface area contributed by atoms with Gasteiger partial charge in [-0.1, -0.05) is 140 Å². The van der Waals surface area contributed by atoms with E-state index >= 15 is 0 Å². The van der Waals surface area contributed by atoms with Crippen molar-refractivity contribution in [3.63, 3.8) is 0 Å². The number of hydrogen-bond acceptors (Lipinski definition) is 3. The van der Waals surface area contributed by atoms with E-state index in [1.807, 2.05) is 18.2 Å². The highest BCUT2D eigenvalue weighted by molar-refractivity contribution is 6.17. The third-order valence-electron chi connectivity index (χ3n) is 10.9. The molecule has 0 aliphatic rings. The van der Waals surface area contributed by atoms with Crippen molar-refractivity contribution in [1.29, 1.82) is 0 Å². The van der Waals surface area contributed by atoms with Gasteiger partial charge in [0.2, 0.25) is 0 Å². The Morgan fingerprint density at radius 3 is 1.64 bits per heavy atom. The fraction of sp³-hybridized carbons (Fsp3) is 0. The molecule has 0 unspecified atom stereocenters. The lowest BCUT2D eigenvalue weighted by Crippen LogP contribution is -2.10. The molecule has 0 saturated heterocycles. The monoisotopic (exact) mass is 703 g/mol. The molecule has 2 heterocycles. The van der Waals surface area contributed by atoms with Crippen molar-refractivity contribution in [2.75, 3.05) is 4.90 Å². The summed E-state index contributed by atoms with van der Waals surface area (Å²) in [4.78, 5) is 2.32. The van der Waals surface area contributed by atoms with Gasteiger partial charge in [0.1, 0.15) is 16.7 Å². The van der Waals surface area contributed by atoms with E-state index in [9.17, 15) is 0 Å². The molecule has 9 aromatic carbocycles. The van der Waals surface area contributed by atoms with E-state index in [2.05, 4.69) is 187 Å². The molecule has 0 aliphatic carbocycles. The highest BCUT2D eigenvalue weighted by atomic mass is 16.3. The molecule has 0 spiro atoms. The van der Waals surface area contributed by atoms with E-state index in [0.29, 0.717) is 0 Å². The summed E-state index contributed by atoms with van der Waals surface area (Å²) in [6.45, 7) is 0. The number of nitrogens with zero attached hydrogens (tertiary/aromatic N) is 1. The van der Waals surface area contributed by atoms with Gasteiger partial charge >= 0.3 is 0 Å². The quantitative estimate of drug-likeness (QED) is 0.173. The highest BCUT2D eigenvalue weighted by Crippen LogP contribution is 2.46. The van der Waals surface area contributed by atoms with Gasteiger partial charge in [0.15, 0.2) is 5.58 Å². The van der Waals surface area contributed by atoms with Crippen LogP contribution >= 0.6 is 0 Å². The predicted octanol–water partition coefficient (Wildman–Crippen LogP) is 15.1. The maximum absolute atomic E-state index is 6.81. The Hall–Kier alpha value is -7.36. The second-order valence-electron chi connectivity index (χ2n) is 14.1. The van der Waals surface area contributed by atoms with Gasteiger partial charge in [-0.25, -0.2) is 0 Å². The Morgan fingerprint density at radius 1 is 0.327 bits per heavy atom. The van der Waals surface area contributed by atoms with Crippen LogP contribution in [0.1, 0.15) is 0 Å². The van der Waals surface area contributed by atoms with Crippen molar-refractivity contribution in [3.8, 4) is 33.4 Å². The molecule has 3 nitrogen and oxygen atoms in total. The second kappa shape index (κ2) is 12.6. The highest BCUT2D eigenvalue weighted by Gasteiger charge is 2.22. The molecule has 0 fully saturated rings. The van der Waals surface area contributed by atoms with Crippen molar-refractivity contribution < 1.29 is 8.83 Å². The van der Waals surface area contributed by atoms with Gasteiger partial charge in [-0.3, -0.25) is 0 Å². The Bertz CT molecular complexity index is 3190. The number of hydrogen-bond donors (Lipinski definition) is 0. The summed E-state index contributed by atoms with van der Waals surface area (Å²) in [5, 5.41) is 6.93. The van der Waals surface area contributed by atoms with Gasteiger partial charge < -0.3 is 13.7 Å². The SMILES string of the molecule is c1ccc(-c2ccc(N(c3ccc(-c4ccc5ccccc5c4)cc3)c3ccc(-c4ccc5oc6ccccc6c5c4)cc3)c3oc4ccccc4c23)cc1. The first-order chi connectivity index (χ1) is 27.2. The minimum absolute atomic E-state index is 0.850. The van der Waals surface area contributed by atoms with Gasteiger partial charge in [-0.15, -0.1) is 0 Å². The number of anilines is 3. The third kappa shape index (κ3) is 5.28. The van der Waals surface area contributed by atoms with E-state index in [1.165, 1.54) is 21.9 Å². The molecular weight excluding hydrogens is 671 g/mol. The molecule has 55 heavy (non-hydrogen) atoms. The van der Waals surface area contributed by atoms with E-state index in [4.69, 9.17) is 8.83 Å². The number of benzene rings is 9. The molecule has 258 valence electrons. The van der Waals surface area contributed by atoms with E-state index < -0.39 is 0 Å². The zero-order chi connectivity index (χ0) is 36.3. The summed E-state index contributed by atoms with van der Waals surface area (Å²) < 4.78 is 12.9. The molecular formula is C52H33NO2. The second-order valence-corrected chi connectivity index (χ2v) is 14.1. The lowest BCUT2D eigenvalue weighted by atomic mass is 9.97. The van der Waals surface area contributed by atoms with Crippen LogP contribution in [0.4, 0.5) is 17.1 Å². The molecule has 0 aliphatic heterocycles. The molecule has 0 saturated carbocycles. The zero-order valence-corrected chi connectivity index (χ0v) is 29.8. The van der Waals surface area contributed by atoms with Crippen LogP contribution in [0.2, 0.25) is 0 Å². The molecule has 11 rings (SSSR count). The minimum atomic E-state index is 0.850. The van der Waals surface area contributed by atoms with Gasteiger partial charge in [0, 0.05) is 32.9 Å². The minimum Gasteiger partial charge on any atom is -0.456 e. The fourth-order valence-corrected chi connectivity index (χ4v) is 8.16. The van der Waals surface area contributed by atoms with Crippen LogP contribution in [0.5, 0.6) is 0 Å². The topological polar surface area (TPSA) is 29.5 Å². The summed E-state index contributed by atoms with van der Waals surface area (Å²) in [6.07, 6.45) is 0. The first-order valence-electron chi connectivity index (χ1n) is 18.7. The van der Waals surface area contributed by atoms with Crippen LogP contribution < -0.4 is 4.90 Å². The van der Waals surface area contributed by atoms with Gasteiger partial charge in [-0.2, -0.15) is 0 Å². The average Bonchev–Trinajstić information content (AvgIpc) is 3.83. The van der Waals surface area contributed by atoms with Crippen LogP contribution in [0.3, 0.4) is 0 Å². The molecule has 11 aromatic rings. The van der Waals surface area contributed by atoms with Crippen LogP contribution in [0, 0.1) is 0 Å². The predicted molar refractivity (Wildman–Crippen MR) is 229 cm³/mol. The number of furan rings is 2. The Balaban J connectivity index is 1.07. The first-order valence-corrected chi connectivity index (χ1v) is 18.7. The number of rotatable bonds is 6. The summed E-state index contributed by atoms with van der Waals surface area (Å²) in [5.74, 6) is 0. The summed E-state index contributed by atoms with van der Waals surface area (Å²) in [6, 6.07) is 71.0. The standard InChI is InChI=1S/C52H33NO2/c1-2-11-37(12-3-1)43-29-30-47(52-51(43)45-15-7-9-17-49(45)55-52)53(41-25-20-35(21-26-41)39-19-18-34-10-4-5-13-38(34)32-39)42-27-22-36(23-28-42)40-24-31-50-46(33-40)44-14-6-8-16-48(44)54-50/h1-33H. The first kappa shape index (κ1) is 31.2. The van der Waals surface area contributed by atoms with Crippen LogP contribution in [-0.2, 0) is 0 Å². The maximum Gasteiger partial charge on any atom is 0.160 e. The van der Waals surface area contributed by atoms with E-state index in [1.54, 1.807) is 0 Å². The Kier molecular flexibility index (Phi) is 7.17. The summed E-state index contributed by atoms with van der Waals surface area (Å²) >= 11 is 0. The zero-order valence-electron chi connectivity index (χ0n) is 29.8. The van der Waals surface area contributed by atoms with E-state index in [-0.39, 0.29) is 0 Å². The molecule has 0 amide bonds.